The second kappa shape index (κ2) is 5.40. The van der Waals surface area contributed by atoms with Gasteiger partial charge in [0.25, 0.3) is 0 Å². The third kappa shape index (κ3) is 2.58. The van der Waals surface area contributed by atoms with Crippen LogP contribution in [-0.2, 0) is 0 Å². The molecule has 2 aromatic carbocycles. The van der Waals surface area contributed by atoms with Crippen molar-refractivity contribution in [3.05, 3.63) is 42.0 Å². The average Bonchev–Trinajstić information content (AvgIpc) is 2.61. The maximum atomic E-state index is 10.6. The van der Waals surface area contributed by atoms with Gasteiger partial charge in [-0.25, -0.2) is 9.79 Å². The molecule has 0 unspecified atom stereocenters. The topological polar surface area (TPSA) is 77.4 Å². The van der Waals surface area contributed by atoms with Crippen LogP contribution in [0.2, 0.25) is 0 Å². The quantitative estimate of drug-likeness (QED) is 0.670. The lowest BCUT2D eigenvalue weighted by atomic mass is 10.1. The Bertz CT molecular complexity index is 782. The first-order valence-electron chi connectivity index (χ1n) is 6.53. The number of nitrogens with zero attached hydrogens (tertiary/aromatic N) is 1. The van der Waals surface area contributed by atoms with Crippen molar-refractivity contribution in [2.45, 2.75) is 6.92 Å². The molecular formula is C16H13NO5. The van der Waals surface area contributed by atoms with E-state index < -0.39 is 6.16 Å². The van der Waals surface area contributed by atoms with Gasteiger partial charge >= 0.3 is 6.16 Å². The predicted molar refractivity (Wildman–Crippen MR) is 80.0 cm³/mol. The lowest BCUT2D eigenvalue weighted by Crippen LogP contribution is -2.02. The van der Waals surface area contributed by atoms with Crippen LogP contribution in [0.25, 0.3) is 0 Å². The summed E-state index contributed by atoms with van der Waals surface area (Å²) in [7, 11) is 1.59. The Morgan fingerprint density at radius 1 is 1.14 bits per heavy atom. The Kier molecular flexibility index (Phi) is 3.42. The molecule has 6 nitrogen and oxygen atoms in total. The molecule has 0 bridgehead atoms. The van der Waals surface area contributed by atoms with Crippen molar-refractivity contribution >= 4 is 17.6 Å². The highest BCUT2D eigenvalue weighted by Crippen LogP contribution is 2.40. The normalized spacial score (nSPS) is 12.2. The number of carbonyl (C=O) groups is 1. The average molecular weight is 299 g/mol. The summed E-state index contributed by atoms with van der Waals surface area (Å²) in [5.74, 6) is 2.02. The fourth-order valence-corrected chi connectivity index (χ4v) is 2.21. The summed E-state index contributed by atoms with van der Waals surface area (Å²) in [5, 5.41) is 8.68. The summed E-state index contributed by atoms with van der Waals surface area (Å²) >= 11 is 0. The monoisotopic (exact) mass is 299 g/mol. The third-order valence-electron chi connectivity index (χ3n) is 3.22. The first-order valence-corrected chi connectivity index (χ1v) is 6.53. The van der Waals surface area contributed by atoms with Crippen LogP contribution in [0.3, 0.4) is 0 Å². The molecule has 0 fully saturated rings. The molecule has 0 aliphatic carbocycles. The van der Waals surface area contributed by atoms with Gasteiger partial charge in [0, 0.05) is 23.4 Å². The van der Waals surface area contributed by atoms with Crippen LogP contribution in [0.4, 0.5) is 10.5 Å². The zero-order valence-corrected chi connectivity index (χ0v) is 12.0. The van der Waals surface area contributed by atoms with E-state index in [2.05, 4.69) is 9.73 Å². The number of carboxylic acid groups (broad SMARTS) is 1. The minimum Gasteiger partial charge on any atom is -0.497 e. The molecule has 22 heavy (non-hydrogen) atoms. The van der Waals surface area contributed by atoms with E-state index in [1.165, 1.54) is 12.1 Å². The van der Waals surface area contributed by atoms with Crippen molar-refractivity contribution in [1.82, 2.24) is 0 Å². The van der Waals surface area contributed by atoms with Gasteiger partial charge < -0.3 is 19.3 Å². The predicted octanol–water partition coefficient (Wildman–Crippen LogP) is 4.00. The number of rotatable bonds is 2. The Labute approximate surface area is 126 Å². The molecule has 1 aliphatic rings. The van der Waals surface area contributed by atoms with Crippen molar-refractivity contribution < 1.29 is 24.1 Å². The van der Waals surface area contributed by atoms with Gasteiger partial charge in [-0.15, -0.1) is 0 Å². The minimum absolute atomic E-state index is 0.190. The van der Waals surface area contributed by atoms with Gasteiger partial charge in [-0.2, -0.15) is 0 Å². The molecule has 0 atom stereocenters. The van der Waals surface area contributed by atoms with Crippen LogP contribution in [-0.4, -0.2) is 24.1 Å². The van der Waals surface area contributed by atoms with Crippen LogP contribution < -0.4 is 14.2 Å². The minimum atomic E-state index is -1.37. The number of methoxy groups -OCH3 is 1. The van der Waals surface area contributed by atoms with Gasteiger partial charge in [-0.1, -0.05) is 0 Å². The molecule has 0 aromatic heterocycles. The molecule has 1 N–H and O–H groups in total. The van der Waals surface area contributed by atoms with E-state index in [9.17, 15) is 4.79 Å². The summed E-state index contributed by atoms with van der Waals surface area (Å²) < 4.78 is 15.7. The summed E-state index contributed by atoms with van der Waals surface area (Å²) in [4.78, 5) is 15.1. The molecule has 0 spiro atoms. The summed E-state index contributed by atoms with van der Waals surface area (Å²) in [6, 6.07) is 10.1. The number of aliphatic imine (C=N–C) groups is 1. The molecule has 112 valence electrons. The van der Waals surface area contributed by atoms with Crippen molar-refractivity contribution in [2.75, 3.05) is 7.11 Å². The van der Waals surface area contributed by atoms with Gasteiger partial charge in [0.2, 0.25) is 0 Å². The lowest BCUT2D eigenvalue weighted by Gasteiger charge is -2.10. The standard InChI is InChI=1S/C16H13NO5/c1-9-12-5-3-10(20-2)8-15(12)22-14-6-4-11(21-16(18)19)7-13(14)17-9/h3-8H,1-2H3,(H,18,19). The molecule has 3 rings (SSSR count). The molecule has 1 aliphatic heterocycles. The number of hydrogen-bond acceptors (Lipinski definition) is 5. The smallest absolute Gasteiger partial charge is 0.497 e. The van der Waals surface area contributed by atoms with Crippen molar-refractivity contribution in [3.8, 4) is 23.0 Å². The molecule has 0 saturated heterocycles. The third-order valence-corrected chi connectivity index (χ3v) is 3.22. The second-order valence-electron chi connectivity index (χ2n) is 4.66. The molecule has 0 radical (unpaired) electrons. The molecular weight excluding hydrogens is 286 g/mol. The van der Waals surface area contributed by atoms with E-state index in [1.807, 2.05) is 19.1 Å². The number of hydrogen-bond donors (Lipinski definition) is 1. The summed E-state index contributed by atoms with van der Waals surface area (Å²) in [6.07, 6.45) is -1.37. The Hall–Kier alpha value is -3.02. The second-order valence-corrected chi connectivity index (χ2v) is 4.66. The Morgan fingerprint density at radius 3 is 2.64 bits per heavy atom. The Morgan fingerprint density at radius 2 is 1.91 bits per heavy atom. The van der Waals surface area contributed by atoms with Gasteiger partial charge in [0.15, 0.2) is 5.75 Å². The van der Waals surface area contributed by atoms with Crippen LogP contribution in [0.5, 0.6) is 23.0 Å². The van der Waals surface area contributed by atoms with E-state index in [0.717, 1.165) is 11.3 Å². The van der Waals surface area contributed by atoms with E-state index in [-0.39, 0.29) is 5.75 Å². The highest BCUT2D eigenvalue weighted by molar-refractivity contribution is 6.03. The molecule has 2 aromatic rings. The van der Waals surface area contributed by atoms with Crippen LogP contribution in [0.15, 0.2) is 41.4 Å². The maximum Gasteiger partial charge on any atom is 0.511 e. The van der Waals surface area contributed by atoms with E-state index in [0.29, 0.717) is 22.9 Å². The number of fused-ring (bicyclic) bond motifs is 2. The van der Waals surface area contributed by atoms with Crippen molar-refractivity contribution in [1.29, 1.82) is 0 Å². The molecule has 0 amide bonds. The molecule has 6 heteroatoms. The van der Waals surface area contributed by atoms with E-state index in [4.69, 9.17) is 14.6 Å². The lowest BCUT2D eigenvalue weighted by molar-refractivity contribution is 0.144. The van der Waals surface area contributed by atoms with Crippen LogP contribution in [0, 0.1) is 0 Å². The molecule has 1 heterocycles. The van der Waals surface area contributed by atoms with E-state index >= 15 is 0 Å². The number of ether oxygens (including phenoxy) is 3. The fraction of sp³-hybridized carbons (Fsp3) is 0.125. The SMILES string of the molecule is COc1ccc2c(c1)Oc1ccc(OC(=O)O)cc1N=C2C. The Balaban J connectivity index is 2.07. The van der Waals surface area contributed by atoms with Crippen molar-refractivity contribution in [2.24, 2.45) is 4.99 Å². The van der Waals surface area contributed by atoms with Gasteiger partial charge in [0.1, 0.15) is 22.9 Å². The molecule has 0 saturated carbocycles. The zero-order chi connectivity index (χ0) is 15.7. The van der Waals surface area contributed by atoms with Crippen LogP contribution >= 0.6 is 0 Å². The largest absolute Gasteiger partial charge is 0.511 e. The van der Waals surface area contributed by atoms with Gasteiger partial charge in [0.05, 0.1) is 7.11 Å². The summed E-state index contributed by atoms with van der Waals surface area (Å²) in [5.41, 5.74) is 2.10. The van der Waals surface area contributed by atoms with E-state index in [1.54, 1.807) is 19.2 Å². The maximum absolute atomic E-state index is 10.6. The highest BCUT2D eigenvalue weighted by Gasteiger charge is 2.17. The van der Waals surface area contributed by atoms with Gasteiger partial charge in [-0.3, -0.25) is 0 Å². The van der Waals surface area contributed by atoms with Gasteiger partial charge in [-0.05, 0) is 31.2 Å². The number of benzene rings is 2. The zero-order valence-electron chi connectivity index (χ0n) is 12.0. The first kappa shape index (κ1) is 13.9. The van der Waals surface area contributed by atoms with Crippen LogP contribution in [0.1, 0.15) is 12.5 Å². The summed E-state index contributed by atoms with van der Waals surface area (Å²) in [6.45, 7) is 1.86. The van der Waals surface area contributed by atoms with Crippen molar-refractivity contribution in [3.63, 3.8) is 0 Å². The first-order chi connectivity index (χ1) is 10.6. The fourth-order valence-electron chi connectivity index (χ4n) is 2.21. The highest BCUT2D eigenvalue weighted by atomic mass is 16.7.